The van der Waals surface area contributed by atoms with Crippen LogP contribution in [0.3, 0.4) is 0 Å². The highest BCUT2D eigenvalue weighted by atomic mass is 19.2. The standard InChI is InChI=1S/C21H25F2N3O3/c1-14-2-5-16(6-3-14)25-10-19(28)26(9-15-4-7-17(22)18(23)8-15)21(20(25)29)11-24(12-21)13-27/h4,7-8,13-14,16H,2-3,5-6,9-12H2,1H3/t14-,16-. The minimum Gasteiger partial charge on any atom is -0.339 e. The molecular formula is C21H25F2N3O3. The Morgan fingerprint density at radius 1 is 1.10 bits per heavy atom. The molecule has 1 aromatic rings. The monoisotopic (exact) mass is 405 g/mol. The summed E-state index contributed by atoms with van der Waals surface area (Å²) in [6.45, 7) is 2.45. The maximum atomic E-state index is 13.6. The summed E-state index contributed by atoms with van der Waals surface area (Å²) in [5, 5.41) is 0. The average Bonchev–Trinajstić information content (AvgIpc) is 2.67. The van der Waals surface area contributed by atoms with Crippen LogP contribution in [0.1, 0.15) is 38.2 Å². The van der Waals surface area contributed by atoms with Gasteiger partial charge in [-0.15, -0.1) is 0 Å². The fourth-order valence-corrected chi connectivity index (χ4v) is 4.84. The molecule has 2 heterocycles. The van der Waals surface area contributed by atoms with E-state index in [1.54, 1.807) is 4.90 Å². The molecule has 0 atom stereocenters. The van der Waals surface area contributed by atoms with Crippen LogP contribution in [0, 0.1) is 17.6 Å². The third kappa shape index (κ3) is 3.38. The lowest BCUT2D eigenvalue weighted by molar-refractivity contribution is -0.183. The summed E-state index contributed by atoms with van der Waals surface area (Å²) in [5.41, 5.74) is -0.710. The Labute approximate surface area is 168 Å². The molecular weight excluding hydrogens is 380 g/mol. The second-order valence-electron chi connectivity index (χ2n) is 8.62. The Morgan fingerprint density at radius 3 is 2.41 bits per heavy atom. The fourth-order valence-electron chi connectivity index (χ4n) is 4.84. The van der Waals surface area contributed by atoms with Crippen LogP contribution in [0.5, 0.6) is 0 Å². The second-order valence-corrected chi connectivity index (χ2v) is 8.62. The maximum Gasteiger partial charge on any atom is 0.252 e. The van der Waals surface area contributed by atoms with E-state index in [4.69, 9.17) is 0 Å². The molecule has 3 aliphatic rings. The number of rotatable bonds is 4. The highest BCUT2D eigenvalue weighted by molar-refractivity contribution is 6.00. The molecule has 1 spiro atoms. The van der Waals surface area contributed by atoms with Crippen molar-refractivity contribution >= 4 is 18.2 Å². The van der Waals surface area contributed by atoms with Crippen molar-refractivity contribution in [1.29, 1.82) is 0 Å². The summed E-state index contributed by atoms with van der Waals surface area (Å²) in [6.07, 6.45) is 4.46. The largest absolute Gasteiger partial charge is 0.339 e. The molecule has 156 valence electrons. The number of hydrogen-bond acceptors (Lipinski definition) is 3. The molecule has 4 rings (SSSR count). The Hall–Kier alpha value is -2.51. The number of carbonyl (C=O) groups is 3. The predicted octanol–water partition coefficient (Wildman–Crippen LogP) is 1.93. The Bertz CT molecular complexity index is 832. The number of halogens is 2. The quantitative estimate of drug-likeness (QED) is 0.720. The molecule has 8 heteroatoms. The zero-order valence-corrected chi connectivity index (χ0v) is 16.4. The second kappa shape index (κ2) is 7.39. The van der Waals surface area contributed by atoms with Gasteiger partial charge in [0.2, 0.25) is 12.3 Å². The van der Waals surface area contributed by atoms with Crippen molar-refractivity contribution in [3.05, 3.63) is 35.4 Å². The van der Waals surface area contributed by atoms with Gasteiger partial charge in [0, 0.05) is 12.6 Å². The molecule has 3 amide bonds. The third-order valence-corrected chi connectivity index (χ3v) is 6.61. The lowest BCUT2D eigenvalue weighted by Crippen LogP contribution is -2.80. The van der Waals surface area contributed by atoms with Crippen molar-refractivity contribution in [3.63, 3.8) is 0 Å². The first kappa shape index (κ1) is 19.8. The molecule has 1 aliphatic carbocycles. The highest BCUT2D eigenvalue weighted by Crippen LogP contribution is 2.37. The molecule has 2 aliphatic heterocycles. The van der Waals surface area contributed by atoms with Crippen LogP contribution in [0.25, 0.3) is 0 Å². The van der Waals surface area contributed by atoms with Gasteiger partial charge in [0.25, 0.3) is 5.91 Å². The van der Waals surface area contributed by atoms with Crippen LogP contribution >= 0.6 is 0 Å². The number of nitrogens with zero attached hydrogens (tertiary/aromatic N) is 3. The van der Waals surface area contributed by atoms with E-state index < -0.39 is 17.2 Å². The topological polar surface area (TPSA) is 60.9 Å². The molecule has 0 aromatic heterocycles. The molecule has 0 unspecified atom stereocenters. The Balaban J connectivity index is 1.60. The first-order valence-corrected chi connectivity index (χ1v) is 10.1. The van der Waals surface area contributed by atoms with Crippen LogP contribution in [0.4, 0.5) is 8.78 Å². The number of piperazine rings is 1. The third-order valence-electron chi connectivity index (χ3n) is 6.61. The van der Waals surface area contributed by atoms with Crippen molar-refractivity contribution in [1.82, 2.24) is 14.7 Å². The molecule has 2 saturated heterocycles. The molecule has 0 N–H and O–H groups in total. The number of hydrogen-bond donors (Lipinski definition) is 0. The van der Waals surface area contributed by atoms with E-state index in [9.17, 15) is 23.2 Å². The molecule has 1 saturated carbocycles. The van der Waals surface area contributed by atoms with Gasteiger partial charge in [-0.3, -0.25) is 14.4 Å². The van der Waals surface area contributed by atoms with Crippen molar-refractivity contribution in [2.45, 2.75) is 50.7 Å². The molecule has 1 aromatic carbocycles. The zero-order valence-electron chi connectivity index (χ0n) is 16.4. The van der Waals surface area contributed by atoms with E-state index in [1.807, 2.05) is 0 Å². The average molecular weight is 405 g/mol. The van der Waals surface area contributed by atoms with Crippen molar-refractivity contribution in [3.8, 4) is 0 Å². The minimum absolute atomic E-state index is 0.00398. The Kier molecular flexibility index (Phi) is 5.04. The van der Waals surface area contributed by atoms with Gasteiger partial charge in [-0.05, 0) is 49.3 Å². The highest BCUT2D eigenvalue weighted by Gasteiger charge is 2.60. The zero-order chi connectivity index (χ0) is 20.8. The summed E-state index contributed by atoms with van der Waals surface area (Å²) in [7, 11) is 0. The summed E-state index contributed by atoms with van der Waals surface area (Å²) >= 11 is 0. The molecule has 6 nitrogen and oxygen atoms in total. The van der Waals surface area contributed by atoms with E-state index >= 15 is 0 Å². The van der Waals surface area contributed by atoms with Crippen molar-refractivity contribution in [2.24, 2.45) is 5.92 Å². The number of carbonyl (C=O) groups excluding carboxylic acids is 3. The SMILES string of the molecule is C[C@H]1CC[C@H](N2CC(=O)N(Cc3ccc(F)c(F)c3)C3(CN(C=O)C3)C2=O)CC1. The summed E-state index contributed by atoms with van der Waals surface area (Å²) in [4.78, 5) is 42.3. The van der Waals surface area contributed by atoms with E-state index in [2.05, 4.69) is 6.92 Å². The van der Waals surface area contributed by atoms with Crippen LogP contribution in [0.2, 0.25) is 0 Å². The van der Waals surface area contributed by atoms with Gasteiger partial charge < -0.3 is 14.7 Å². The van der Waals surface area contributed by atoms with Gasteiger partial charge >= 0.3 is 0 Å². The normalized spacial score (nSPS) is 26.7. The Morgan fingerprint density at radius 2 is 1.79 bits per heavy atom. The smallest absolute Gasteiger partial charge is 0.252 e. The molecule has 0 bridgehead atoms. The molecule has 3 fully saturated rings. The maximum absolute atomic E-state index is 13.6. The van der Waals surface area contributed by atoms with Crippen molar-refractivity contribution < 1.29 is 23.2 Å². The summed E-state index contributed by atoms with van der Waals surface area (Å²) < 4.78 is 26.9. The van der Waals surface area contributed by atoms with Gasteiger partial charge in [0.05, 0.1) is 13.1 Å². The number of benzene rings is 1. The van der Waals surface area contributed by atoms with Crippen LogP contribution in [-0.4, -0.2) is 64.1 Å². The first-order valence-electron chi connectivity index (χ1n) is 10.1. The van der Waals surface area contributed by atoms with E-state index in [0.717, 1.165) is 37.8 Å². The van der Waals surface area contributed by atoms with Crippen LogP contribution < -0.4 is 0 Å². The van der Waals surface area contributed by atoms with Gasteiger partial charge in [-0.1, -0.05) is 13.0 Å². The van der Waals surface area contributed by atoms with Gasteiger partial charge in [0.1, 0.15) is 6.54 Å². The number of likely N-dealkylation sites (tertiary alicyclic amines) is 1. The van der Waals surface area contributed by atoms with Crippen LogP contribution in [0.15, 0.2) is 18.2 Å². The summed E-state index contributed by atoms with van der Waals surface area (Å²) in [6, 6.07) is 3.51. The lowest BCUT2D eigenvalue weighted by Gasteiger charge is -2.58. The number of amides is 3. The van der Waals surface area contributed by atoms with Gasteiger partial charge in [0.15, 0.2) is 17.2 Å². The van der Waals surface area contributed by atoms with E-state index in [0.29, 0.717) is 17.9 Å². The molecule has 0 radical (unpaired) electrons. The van der Waals surface area contributed by atoms with E-state index in [-0.39, 0.29) is 44.0 Å². The van der Waals surface area contributed by atoms with Gasteiger partial charge in [-0.25, -0.2) is 8.78 Å². The lowest BCUT2D eigenvalue weighted by atomic mass is 9.80. The fraction of sp³-hybridized carbons (Fsp3) is 0.571. The predicted molar refractivity (Wildman–Crippen MR) is 100 cm³/mol. The van der Waals surface area contributed by atoms with Crippen molar-refractivity contribution in [2.75, 3.05) is 19.6 Å². The van der Waals surface area contributed by atoms with Crippen LogP contribution in [-0.2, 0) is 20.9 Å². The van der Waals surface area contributed by atoms with E-state index in [1.165, 1.54) is 15.9 Å². The first-order chi connectivity index (χ1) is 13.8. The minimum atomic E-state index is -1.12. The van der Waals surface area contributed by atoms with Gasteiger partial charge in [-0.2, -0.15) is 0 Å². The summed E-state index contributed by atoms with van der Waals surface area (Å²) in [5.74, 6) is -1.70. The molecule has 29 heavy (non-hydrogen) atoms.